The minimum Gasteiger partial charge on any atom is -0.306 e. The molecule has 0 aliphatic carbocycles. The molecule has 1 atom stereocenters. The molecule has 1 rings (SSSR count). The van der Waals surface area contributed by atoms with Crippen LogP contribution < -0.4 is 0 Å². The summed E-state index contributed by atoms with van der Waals surface area (Å²) in [5.41, 5.74) is 1.17. The van der Waals surface area contributed by atoms with E-state index in [1.807, 2.05) is 43.3 Å². The third-order valence-electron chi connectivity index (χ3n) is 2.50. The second-order valence-corrected chi connectivity index (χ2v) is 5.81. The van der Waals surface area contributed by atoms with Crippen LogP contribution in [0.4, 0.5) is 0 Å². The van der Waals surface area contributed by atoms with Crippen molar-refractivity contribution in [1.82, 2.24) is 0 Å². The normalized spacial score (nSPS) is 13.9. The van der Waals surface area contributed by atoms with E-state index in [1.165, 1.54) is 5.56 Å². The molecule has 100 valence electrons. The summed E-state index contributed by atoms with van der Waals surface area (Å²) in [6, 6.07) is 10.0. The van der Waals surface area contributed by atoms with E-state index in [1.54, 1.807) is 19.7 Å². The Morgan fingerprint density at radius 1 is 1.17 bits per heavy atom. The molecule has 18 heavy (non-hydrogen) atoms. The Balaban J connectivity index is 2.75. The first-order valence-electron chi connectivity index (χ1n) is 6.24. The molecule has 0 aromatic heterocycles. The van der Waals surface area contributed by atoms with Crippen molar-refractivity contribution in [3.63, 3.8) is 0 Å². The Labute approximate surface area is 109 Å². The molecule has 0 spiro atoms. The summed E-state index contributed by atoms with van der Waals surface area (Å²) in [6.07, 6.45) is 1.88. The number of hydrogen-bond donors (Lipinski definition) is 0. The van der Waals surface area contributed by atoms with Crippen LogP contribution in [-0.4, -0.2) is 13.2 Å². The lowest BCUT2D eigenvalue weighted by atomic mass is 10.0. The average molecular weight is 268 g/mol. The summed E-state index contributed by atoms with van der Waals surface area (Å²) in [5, 5.41) is 0. The largest absolute Gasteiger partial charge is 0.353 e. The highest BCUT2D eigenvalue weighted by atomic mass is 31.2. The van der Waals surface area contributed by atoms with Crippen LogP contribution in [0.1, 0.15) is 32.3 Å². The molecule has 1 aromatic carbocycles. The maximum Gasteiger partial charge on any atom is 0.353 e. The maximum atomic E-state index is 12.2. The highest BCUT2D eigenvalue weighted by Gasteiger charge is 2.19. The van der Waals surface area contributed by atoms with Crippen molar-refractivity contribution in [3.8, 4) is 0 Å². The predicted octanol–water partition coefficient (Wildman–Crippen LogP) is 4.57. The fraction of sp³-hybridized carbons (Fsp3) is 0.429. The third kappa shape index (κ3) is 4.77. The fourth-order valence-electron chi connectivity index (χ4n) is 1.59. The molecule has 0 saturated heterocycles. The van der Waals surface area contributed by atoms with Gasteiger partial charge in [-0.2, -0.15) is 0 Å². The smallest absolute Gasteiger partial charge is 0.306 e. The van der Waals surface area contributed by atoms with E-state index in [0.717, 1.165) is 0 Å². The van der Waals surface area contributed by atoms with Crippen LogP contribution in [0.5, 0.6) is 0 Å². The van der Waals surface area contributed by atoms with E-state index < -0.39 is 7.60 Å². The monoisotopic (exact) mass is 268 g/mol. The highest BCUT2D eigenvalue weighted by molar-refractivity contribution is 7.57. The van der Waals surface area contributed by atoms with Gasteiger partial charge in [0.2, 0.25) is 0 Å². The molecule has 0 radical (unpaired) electrons. The Morgan fingerprint density at radius 2 is 1.72 bits per heavy atom. The van der Waals surface area contributed by atoms with Crippen molar-refractivity contribution in [2.75, 3.05) is 13.2 Å². The molecule has 0 amide bonds. The van der Waals surface area contributed by atoms with Gasteiger partial charge in [0.1, 0.15) is 0 Å². The fourth-order valence-corrected chi connectivity index (χ4v) is 3.02. The molecule has 0 saturated carbocycles. The first kappa shape index (κ1) is 15.2. The van der Waals surface area contributed by atoms with Crippen LogP contribution in [0.25, 0.3) is 0 Å². The number of rotatable bonds is 7. The van der Waals surface area contributed by atoms with Crippen molar-refractivity contribution < 1.29 is 13.6 Å². The van der Waals surface area contributed by atoms with E-state index in [4.69, 9.17) is 9.05 Å². The number of hydrogen-bond acceptors (Lipinski definition) is 3. The van der Waals surface area contributed by atoms with E-state index in [9.17, 15) is 4.57 Å². The SMILES string of the molecule is CCOP(=O)(/C=C/C(C)c1ccccc1)OCC. The molecule has 0 N–H and O–H groups in total. The predicted molar refractivity (Wildman–Crippen MR) is 74.9 cm³/mol. The summed E-state index contributed by atoms with van der Waals surface area (Å²) < 4.78 is 22.6. The van der Waals surface area contributed by atoms with Gasteiger partial charge < -0.3 is 9.05 Å². The van der Waals surface area contributed by atoms with Crippen LogP contribution in [0.3, 0.4) is 0 Å². The first-order valence-corrected chi connectivity index (χ1v) is 7.85. The van der Waals surface area contributed by atoms with Gasteiger partial charge in [-0.15, -0.1) is 0 Å². The molecule has 0 bridgehead atoms. The Hall–Kier alpha value is -0.890. The van der Waals surface area contributed by atoms with Gasteiger partial charge in [0, 0.05) is 5.82 Å². The summed E-state index contributed by atoms with van der Waals surface area (Å²) >= 11 is 0. The maximum absolute atomic E-state index is 12.2. The molecule has 4 heteroatoms. The van der Waals surface area contributed by atoms with Crippen LogP contribution >= 0.6 is 7.60 Å². The van der Waals surface area contributed by atoms with E-state index >= 15 is 0 Å². The molecule has 1 aromatic rings. The lowest BCUT2D eigenvalue weighted by molar-refractivity contribution is 0.229. The molecule has 0 fully saturated rings. The van der Waals surface area contributed by atoms with Gasteiger partial charge >= 0.3 is 7.60 Å². The van der Waals surface area contributed by atoms with Crippen LogP contribution in [0, 0.1) is 0 Å². The molecule has 1 unspecified atom stereocenters. The van der Waals surface area contributed by atoms with Crippen molar-refractivity contribution in [3.05, 3.63) is 47.8 Å². The van der Waals surface area contributed by atoms with Crippen LogP contribution in [0.2, 0.25) is 0 Å². The van der Waals surface area contributed by atoms with Gasteiger partial charge in [-0.05, 0) is 25.3 Å². The van der Waals surface area contributed by atoms with Gasteiger partial charge in [0.05, 0.1) is 13.2 Å². The Morgan fingerprint density at radius 3 is 2.22 bits per heavy atom. The third-order valence-corrected chi connectivity index (χ3v) is 4.27. The Kier molecular flexibility index (Phi) is 6.34. The zero-order valence-corrected chi connectivity index (χ0v) is 12.1. The van der Waals surface area contributed by atoms with Crippen molar-refractivity contribution in [2.45, 2.75) is 26.7 Å². The van der Waals surface area contributed by atoms with Gasteiger partial charge in [0.25, 0.3) is 0 Å². The highest BCUT2D eigenvalue weighted by Crippen LogP contribution is 2.50. The molecule has 3 nitrogen and oxygen atoms in total. The molecule has 0 heterocycles. The van der Waals surface area contributed by atoms with E-state index in [2.05, 4.69) is 0 Å². The average Bonchev–Trinajstić information content (AvgIpc) is 2.38. The van der Waals surface area contributed by atoms with Gasteiger partial charge in [-0.3, -0.25) is 4.57 Å². The van der Waals surface area contributed by atoms with Crippen LogP contribution in [-0.2, 0) is 13.6 Å². The summed E-state index contributed by atoms with van der Waals surface area (Å²) in [6.45, 7) is 6.41. The van der Waals surface area contributed by atoms with E-state index in [-0.39, 0.29) is 5.92 Å². The van der Waals surface area contributed by atoms with Crippen molar-refractivity contribution in [1.29, 1.82) is 0 Å². The molecular formula is C14H21O3P. The lowest BCUT2D eigenvalue weighted by Gasteiger charge is -2.14. The zero-order valence-electron chi connectivity index (χ0n) is 11.2. The standard InChI is InChI=1S/C14H21O3P/c1-4-16-18(15,17-5-2)12-11-13(3)14-9-7-6-8-10-14/h6-13H,4-5H2,1-3H3/b12-11+. The zero-order chi connectivity index (χ0) is 13.4. The number of benzene rings is 1. The van der Waals surface area contributed by atoms with E-state index in [0.29, 0.717) is 13.2 Å². The number of allylic oxidation sites excluding steroid dienone is 1. The van der Waals surface area contributed by atoms with Crippen molar-refractivity contribution >= 4 is 7.60 Å². The summed E-state index contributed by atoms with van der Waals surface area (Å²) in [5.74, 6) is 1.75. The lowest BCUT2D eigenvalue weighted by Crippen LogP contribution is -1.94. The molecular weight excluding hydrogens is 247 g/mol. The topological polar surface area (TPSA) is 35.5 Å². The molecule has 0 aliphatic rings. The van der Waals surface area contributed by atoms with Crippen molar-refractivity contribution in [2.24, 2.45) is 0 Å². The van der Waals surface area contributed by atoms with Gasteiger partial charge in [0.15, 0.2) is 0 Å². The summed E-state index contributed by atoms with van der Waals surface area (Å²) in [7, 11) is -3.07. The second-order valence-electron chi connectivity index (χ2n) is 3.92. The Bertz CT molecular complexity index is 404. The minimum absolute atomic E-state index is 0.181. The van der Waals surface area contributed by atoms with Gasteiger partial charge in [-0.25, -0.2) is 0 Å². The quantitative estimate of drug-likeness (QED) is 0.679. The minimum atomic E-state index is -3.07. The molecule has 0 aliphatic heterocycles. The summed E-state index contributed by atoms with van der Waals surface area (Å²) in [4.78, 5) is 0. The van der Waals surface area contributed by atoms with Gasteiger partial charge in [-0.1, -0.05) is 43.3 Å². The first-order chi connectivity index (χ1) is 8.61. The second kappa shape index (κ2) is 7.52. The van der Waals surface area contributed by atoms with Crippen LogP contribution in [0.15, 0.2) is 42.2 Å².